The standard InChI is InChI=1S/C12H22N4/c1-4-5-13-7-11-8-16-12(9-14-11)15-6-10(2)3/h8-10,13H,4-7H2,1-3H3,(H,15,16). The van der Waals surface area contributed by atoms with Crippen LogP contribution >= 0.6 is 0 Å². The van der Waals surface area contributed by atoms with Crippen molar-refractivity contribution in [1.82, 2.24) is 15.3 Å². The fourth-order valence-corrected chi connectivity index (χ4v) is 1.24. The van der Waals surface area contributed by atoms with Gasteiger partial charge in [0.15, 0.2) is 0 Å². The Morgan fingerprint density at radius 2 is 2.06 bits per heavy atom. The molecule has 0 unspecified atom stereocenters. The van der Waals surface area contributed by atoms with Gasteiger partial charge in [0, 0.05) is 13.1 Å². The van der Waals surface area contributed by atoms with Crippen molar-refractivity contribution in [3.63, 3.8) is 0 Å². The fourth-order valence-electron chi connectivity index (χ4n) is 1.24. The molecular weight excluding hydrogens is 200 g/mol. The second-order valence-corrected chi connectivity index (χ2v) is 4.34. The predicted octanol–water partition coefficient (Wildman–Crippen LogP) is 2.04. The van der Waals surface area contributed by atoms with Gasteiger partial charge in [0.25, 0.3) is 0 Å². The first-order valence-corrected chi connectivity index (χ1v) is 5.98. The van der Waals surface area contributed by atoms with Crippen LogP contribution < -0.4 is 10.6 Å². The lowest BCUT2D eigenvalue weighted by molar-refractivity contribution is 0.661. The minimum atomic E-state index is 0.618. The molecule has 1 aromatic heterocycles. The Kier molecular flexibility index (Phi) is 5.78. The molecule has 0 amide bonds. The lowest BCUT2D eigenvalue weighted by atomic mass is 10.2. The van der Waals surface area contributed by atoms with Gasteiger partial charge in [-0.05, 0) is 18.9 Å². The quantitative estimate of drug-likeness (QED) is 0.693. The maximum Gasteiger partial charge on any atom is 0.144 e. The zero-order chi connectivity index (χ0) is 11.8. The van der Waals surface area contributed by atoms with Crippen molar-refractivity contribution in [1.29, 1.82) is 0 Å². The monoisotopic (exact) mass is 222 g/mol. The van der Waals surface area contributed by atoms with Gasteiger partial charge in [-0.25, -0.2) is 4.98 Å². The van der Waals surface area contributed by atoms with Crippen molar-refractivity contribution in [3.8, 4) is 0 Å². The van der Waals surface area contributed by atoms with Crippen LogP contribution in [-0.2, 0) is 6.54 Å². The Labute approximate surface area is 97.9 Å². The molecule has 0 spiro atoms. The third-order valence-corrected chi connectivity index (χ3v) is 2.13. The molecule has 16 heavy (non-hydrogen) atoms. The number of nitrogens with zero attached hydrogens (tertiary/aromatic N) is 2. The Bertz CT molecular complexity index is 282. The first-order valence-electron chi connectivity index (χ1n) is 5.98. The highest BCUT2D eigenvalue weighted by atomic mass is 15.0. The van der Waals surface area contributed by atoms with E-state index in [1.165, 1.54) is 0 Å². The summed E-state index contributed by atoms with van der Waals surface area (Å²) in [5, 5.41) is 6.54. The minimum absolute atomic E-state index is 0.618. The summed E-state index contributed by atoms with van der Waals surface area (Å²) in [6.07, 6.45) is 4.76. The molecule has 1 rings (SSSR count). The van der Waals surface area contributed by atoms with Crippen molar-refractivity contribution in [2.45, 2.75) is 33.7 Å². The van der Waals surface area contributed by atoms with Crippen LogP contribution in [-0.4, -0.2) is 23.1 Å². The molecule has 0 aliphatic rings. The van der Waals surface area contributed by atoms with Gasteiger partial charge in [0.1, 0.15) is 5.82 Å². The molecule has 0 fully saturated rings. The second-order valence-electron chi connectivity index (χ2n) is 4.34. The van der Waals surface area contributed by atoms with E-state index in [0.717, 1.165) is 37.6 Å². The number of anilines is 1. The summed E-state index contributed by atoms with van der Waals surface area (Å²) < 4.78 is 0. The Morgan fingerprint density at radius 1 is 1.25 bits per heavy atom. The highest BCUT2D eigenvalue weighted by Gasteiger charge is 1.98. The predicted molar refractivity (Wildman–Crippen MR) is 67.4 cm³/mol. The van der Waals surface area contributed by atoms with E-state index < -0.39 is 0 Å². The van der Waals surface area contributed by atoms with Crippen molar-refractivity contribution >= 4 is 5.82 Å². The van der Waals surface area contributed by atoms with E-state index >= 15 is 0 Å². The number of aromatic nitrogens is 2. The molecule has 0 saturated carbocycles. The molecule has 0 bridgehead atoms. The summed E-state index contributed by atoms with van der Waals surface area (Å²) in [5.41, 5.74) is 0.989. The van der Waals surface area contributed by atoms with Crippen LogP contribution in [0.1, 0.15) is 32.9 Å². The number of hydrogen-bond acceptors (Lipinski definition) is 4. The molecule has 1 heterocycles. The Morgan fingerprint density at radius 3 is 2.62 bits per heavy atom. The van der Waals surface area contributed by atoms with Gasteiger partial charge in [0.2, 0.25) is 0 Å². The molecule has 0 aliphatic heterocycles. The summed E-state index contributed by atoms with van der Waals surface area (Å²) >= 11 is 0. The van der Waals surface area contributed by atoms with Gasteiger partial charge in [-0.1, -0.05) is 20.8 Å². The summed E-state index contributed by atoms with van der Waals surface area (Å²) in [4.78, 5) is 8.66. The topological polar surface area (TPSA) is 49.8 Å². The highest BCUT2D eigenvalue weighted by molar-refractivity contribution is 5.30. The third-order valence-electron chi connectivity index (χ3n) is 2.13. The van der Waals surface area contributed by atoms with Crippen LogP contribution in [0.3, 0.4) is 0 Å². The van der Waals surface area contributed by atoms with E-state index in [9.17, 15) is 0 Å². The van der Waals surface area contributed by atoms with Crippen LogP contribution in [0.2, 0.25) is 0 Å². The first kappa shape index (κ1) is 12.9. The van der Waals surface area contributed by atoms with E-state index in [1.807, 2.05) is 6.20 Å². The van der Waals surface area contributed by atoms with Gasteiger partial charge in [-0.3, -0.25) is 4.98 Å². The van der Waals surface area contributed by atoms with Gasteiger partial charge < -0.3 is 10.6 Å². The highest BCUT2D eigenvalue weighted by Crippen LogP contribution is 2.02. The van der Waals surface area contributed by atoms with Crippen LogP contribution in [0, 0.1) is 5.92 Å². The lowest BCUT2D eigenvalue weighted by Gasteiger charge is -2.08. The zero-order valence-corrected chi connectivity index (χ0v) is 10.5. The van der Waals surface area contributed by atoms with Crippen molar-refractivity contribution in [3.05, 3.63) is 18.1 Å². The number of nitrogens with one attached hydrogen (secondary N) is 2. The molecule has 2 N–H and O–H groups in total. The molecule has 0 aromatic carbocycles. The average Bonchev–Trinajstić information content (AvgIpc) is 2.28. The minimum Gasteiger partial charge on any atom is -0.369 e. The van der Waals surface area contributed by atoms with Crippen LogP contribution in [0.15, 0.2) is 12.4 Å². The largest absolute Gasteiger partial charge is 0.369 e. The number of hydrogen-bond donors (Lipinski definition) is 2. The second kappa shape index (κ2) is 7.17. The molecular formula is C12H22N4. The smallest absolute Gasteiger partial charge is 0.144 e. The average molecular weight is 222 g/mol. The first-order chi connectivity index (χ1) is 7.72. The molecule has 0 radical (unpaired) electrons. The molecule has 0 saturated heterocycles. The molecule has 1 aromatic rings. The van der Waals surface area contributed by atoms with Gasteiger partial charge in [-0.2, -0.15) is 0 Å². The van der Waals surface area contributed by atoms with Crippen LogP contribution in [0.5, 0.6) is 0 Å². The van der Waals surface area contributed by atoms with Gasteiger partial charge >= 0.3 is 0 Å². The van der Waals surface area contributed by atoms with E-state index in [2.05, 4.69) is 41.4 Å². The summed E-state index contributed by atoms with van der Waals surface area (Å²) in [7, 11) is 0. The maximum absolute atomic E-state index is 4.34. The molecule has 90 valence electrons. The van der Waals surface area contributed by atoms with E-state index in [0.29, 0.717) is 5.92 Å². The lowest BCUT2D eigenvalue weighted by Crippen LogP contribution is -2.15. The molecule has 4 nitrogen and oxygen atoms in total. The Hall–Kier alpha value is -1.16. The normalized spacial score (nSPS) is 10.8. The SMILES string of the molecule is CCCNCc1cnc(NCC(C)C)cn1. The zero-order valence-electron chi connectivity index (χ0n) is 10.5. The molecule has 0 aliphatic carbocycles. The van der Waals surface area contributed by atoms with Crippen molar-refractivity contribution < 1.29 is 0 Å². The Balaban J connectivity index is 2.35. The van der Waals surface area contributed by atoms with Gasteiger partial charge in [0.05, 0.1) is 18.1 Å². The molecule has 0 atom stereocenters. The van der Waals surface area contributed by atoms with Crippen molar-refractivity contribution in [2.24, 2.45) is 5.92 Å². The summed E-state index contributed by atoms with van der Waals surface area (Å²) in [6.45, 7) is 9.24. The van der Waals surface area contributed by atoms with Crippen LogP contribution in [0.4, 0.5) is 5.82 Å². The van der Waals surface area contributed by atoms with E-state index in [-0.39, 0.29) is 0 Å². The van der Waals surface area contributed by atoms with E-state index in [4.69, 9.17) is 0 Å². The summed E-state index contributed by atoms with van der Waals surface area (Å²) in [5.74, 6) is 1.47. The van der Waals surface area contributed by atoms with Crippen molar-refractivity contribution in [2.75, 3.05) is 18.4 Å². The number of rotatable bonds is 7. The maximum atomic E-state index is 4.34. The molecule has 4 heteroatoms. The van der Waals surface area contributed by atoms with Gasteiger partial charge in [-0.15, -0.1) is 0 Å². The fraction of sp³-hybridized carbons (Fsp3) is 0.667. The van der Waals surface area contributed by atoms with E-state index in [1.54, 1.807) is 6.20 Å². The summed E-state index contributed by atoms with van der Waals surface area (Å²) in [6, 6.07) is 0. The van der Waals surface area contributed by atoms with Crippen LogP contribution in [0.25, 0.3) is 0 Å². The third kappa shape index (κ3) is 5.07.